The van der Waals surface area contributed by atoms with Crippen LogP contribution in [0.5, 0.6) is 0 Å². The van der Waals surface area contributed by atoms with Crippen LogP contribution >= 0.6 is 39.3 Å². The summed E-state index contributed by atoms with van der Waals surface area (Å²) < 4.78 is 14.7. The van der Waals surface area contributed by atoms with Crippen molar-refractivity contribution >= 4 is 45.3 Å². The van der Waals surface area contributed by atoms with Crippen LogP contribution < -0.4 is 0 Å². The SMILES string of the molecule is O=C(O)CSc1nnc(Br)n1-c1cc(CF)ccc1Cl. The topological polar surface area (TPSA) is 68.0 Å². The van der Waals surface area contributed by atoms with Crippen molar-refractivity contribution in [2.45, 2.75) is 11.8 Å². The first-order valence-corrected chi connectivity index (χ1v) is 7.49. The standard InChI is InChI=1S/C11H8BrClFN3O2S/c12-10-15-16-11(20-5-9(18)19)17(10)8-3-6(4-14)1-2-7(8)13/h1-3H,4-5H2,(H,18,19). The minimum absolute atomic E-state index is 0.161. The highest BCUT2D eigenvalue weighted by Gasteiger charge is 2.16. The van der Waals surface area contributed by atoms with Gasteiger partial charge in [0.05, 0.1) is 16.5 Å². The van der Waals surface area contributed by atoms with Gasteiger partial charge in [-0.3, -0.25) is 9.36 Å². The third-order valence-corrected chi connectivity index (χ3v) is 4.07. The van der Waals surface area contributed by atoms with Crippen molar-refractivity contribution in [3.63, 3.8) is 0 Å². The summed E-state index contributed by atoms with van der Waals surface area (Å²) in [6.45, 7) is -0.623. The summed E-state index contributed by atoms with van der Waals surface area (Å²) in [5.74, 6) is -1.13. The minimum atomic E-state index is -0.968. The number of carboxylic acid groups (broad SMARTS) is 1. The highest BCUT2D eigenvalue weighted by atomic mass is 79.9. The highest BCUT2D eigenvalue weighted by Crippen LogP contribution is 2.30. The molecule has 0 bridgehead atoms. The molecule has 0 spiro atoms. The third-order valence-electron chi connectivity index (χ3n) is 2.32. The number of rotatable bonds is 5. The van der Waals surface area contributed by atoms with E-state index in [4.69, 9.17) is 16.7 Å². The first-order valence-electron chi connectivity index (χ1n) is 5.33. The molecule has 0 saturated carbocycles. The fourth-order valence-corrected chi connectivity index (χ4v) is 2.91. The van der Waals surface area contributed by atoms with E-state index in [0.717, 1.165) is 11.8 Å². The van der Waals surface area contributed by atoms with E-state index in [0.29, 0.717) is 26.2 Å². The molecule has 0 aliphatic carbocycles. The Morgan fingerprint density at radius 3 is 2.90 bits per heavy atom. The molecule has 20 heavy (non-hydrogen) atoms. The van der Waals surface area contributed by atoms with Crippen LogP contribution in [-0.2, 0) is 11.5 Å². The maximum atomic E-state index is 12.8. The van der Waals surface area contributed by atoms with E-state index in [-0.39, 0.29) is 5.75 Å². The number of hydrogen-bond acceptors (Lipinski definition) is 4. The summed E-state index contributed by atoms with van der Waals surface area (Å²) in [5, 5.41) is 17.2. The Morgan fingerprint density at radius 2 is 2.25 bits per heavy atom. The molecule has 1 aromatic carbocycles. The molecule has 0 saturated heterocycles. The number of benzene rings is 1. The first-order chi connectivity index (χ1) is 9.52. The number of aliphatic carboxylic acids is 1. The summed E-state index contributed by atoms with van der Waals surface area (Å²) in [6.07, 6.45) is 0. The van der Waals surface area contributed by atoms with Crippen molar-refractivity contribution in [1.29, 1.82) is 0 Å². The third kappa shape index (κ3) is 3.31. The number of aromatic nitrogens is 3. The van der Waals surface area contributed by atoms with E-state index in [1.54, 1.807) is 18.2 Å². The smallest absolute Gasteiger partial charge is 0.313 e. The fourth-order valence-electron chi connectivity index (χ4n) is 1.49. The predicted molar refractivity (Wildman–Crippen MR) is 77.2 cm³/mol. The molecule has 1 heterocycles. The van der Waals surface area contributed by atoms with Crippen molar-refractivity contribution in [3.8, 4) is 5.69 Å². The number of thioether (sulfide) groups is 1. The van der Waals surface area contributed by atoms with Crippen molar-refractivity contribution in [3.05, 3.63) is 33.5 Å². The molecule has 2 aromatic rings. The number of carboxylic acids is 1. The van der Waals surface area contributed by atoms with Gasteiger partial charge in [-0.05, 0) is 33.6 Å². The van der Waals surface area contributed by atoms with Crippen LogP contribution in [-0.4, -0.2) is 31.6 Å². The van der Waals surface area contributed by atoms with E-state index in [1.807, 2.05) is 0 Å². The van der Waals surface area contributed by atoms with Gasteiger partial charge < -0.3 is 5.11 Å². The number of nitrogens with zero attached hydrogens (tertiary/aromatic N) is 3. The molecule has 9 heteroatoms. The van der Waals surface area contributed by atoms with Gasteiger partial charge in [0.2, 0.25) is 4.73 Å². The van der Waals surface area contributed by atoms with Gasteiger partial charge in [0, 0.05) is 0 Å². The quantitative estimate of drug-likeness (QED) is 0.806. The van der Waals surface area contributed by atoms with Gasteiger partial charge in [0.15, 0.2) is 5.16 Å². The van der Waals surface area contributed by atoms with Crippen LogP contribution in [0, 0.1) is 0 Å². The molecule has 1 aromatic heterocycles. The predicted octanol–water partition coefficient (Wildman–Crippen LogP) is 3.33. The van der Waals surface area contributed by atoms with Gasteiger partial charge in [-0.25, -0.2) is 4.39 Å². The molecule has 0 aliphatic rings. The number of halogens is 3. The van der Waals surface area contributed by atoms with Crippen LogP contribution in [0.3, 0.4) is 0 Å². The molecular weight excluding hydrogens is 373 g/mol. The first kappa shape index (κ1) is 15.3. The zero-order valence-corrected chi connectivity index (χ0v) is 13.0. The lowest BCUT2D eigenvalue weighted by molar-refractivity contribution is -0.133. The lowest BCUT2D eigenvalue weighted by Gasteiger charge is -2.10. The highest BCUT2D eigenvalue weighted by molar-refractivity contribution is 9.10. The zero-order valence-electron chi connectivity index (χ0n) is 9.89. The van der Waals surface area contributed by atoms with Crippen molar-refractivity contribution in [2.24, 2.45) is 0 Å². The van der Waals surface area contributed by atoms with Gasteiger partial charge in [0.1, 0.15) is 6.67 Å². The molecule has 106 valence electrons. The molecule has 0 radical (unpaired) electrons. The maximum absolute atomic E-state index is 12.8. The summed E-state index contributed by atoms with van der Waals surface area (Å²) in [4.78, 5) is 10.6. The van der Waals surface area contributed by atoms with Crippen LogP contribution in [0.15, 0.2) is 28.1 Å². The summed E-state index contributed by atoms with van der Waals surface area (Å²) in [6, 6.07) is 4.72. The van der Waals surface area contributed by atoms with E-state index in [2.05, 4.69) is 26.1 Å². The van der Waals surface area contributed by atoms with Gasteiger partial charge in [-0.2, -0.15) is 0 Å². The van der Waals surface area contributed by atoms with Crippen LogP contribution in [0.2, 0.25) is 5.02 Å². The van der Waals surface area contributed by atoms with E-state index in [9.17, 15) is 9.18 Å². The summed E-state index contributed by atoms with van der Waals surface area (Å²) >= 11 is 10.3. The van der Waals surface area contributed by atoms with Crippen LogP contribution in [0.25, 0.3) is 5.69 Å². The second-order valence-electron chi connectivity index (χ2n) is 3.69. The molecule has 0 aliphatic heterocycles. The number of hydrogen-bond donors (Lipinski definition) is 1. The van der Waals surface area contributed by atoms with Gasteiger partial charge in [0.25, 0.3) is 0 Å². The second-order valence-corrected chi connectivity index (χ2v) is 5.75. The van der Waals surface area contributed by atoms with E-state index in [1.165, 1.54) is 4.57 Å². The Hall–Kier alpha value is -1.12. The van der Waals surface area contributed by atoms with E-state index < -0.39 is 12.6 Å². The molecule has 1 N–H and O–H groups in total. The van der Waals surface area contributed by atoms with Gasteiger partial charge in [-0.1, -0.05) is 29.4 Å². The summed E-state index contributed by atoms with van der Waals surface area (Å²) in [5.41, 5.74) is 0.950. The number of carbonyl (C=O) groups is 1. The zero-order chi connectivity index (χ0) is 14.7. The Morgan fingerprint density at radius 1 is 1.50 bits per heavy atom. The van der Waals surface area contributed by atoms with Crippen LogP contribution in [0.4, 0.5) is 4.39 Å². The summed E-state index contributed by atoms with van der Waals surface area (Å²) in [7, 11) is 0. The molecule has 0 fully saturated rings. The molecule has 2 rings (SSSR count). The van der Waals surface area contributed by atoms with Crippen molar-refractivity contribution in [2.75, 3.05) is 5.75 Å². The number of alkyl halides is 1. The molecule has 5 nitrogen and oxygen atoms in total. The molecule has 0 amide bonds. The molecule has 0 unspecified atom stereocenters. The Kier molecular flexibility index (Phi) is 5.00. The van der Waals surface area contributed by atoms with Crippen molar-refractivity contribution in [1.82, 2.24) is 14.8 Å². The average molecular weight is 381 g/mol. The lowest BCUT2D eigenvalue weighted by atomic mass is 10.2. The minimum Gasteiger partial charge on any atom is -0.481 e. The normalized spacial score (nSPS) is 10.8. The molecule has 0 atom stereocenters. The second kappa shape index (κ2) is 6.55. The molecular formula is C11H8BrClFN3O2S. The van der Waals surface area contributed by atoms with Crippen molar-refractivity contribution < 1.29 is 14.3 Å². The Labute approximate surface area is 131 Å². The maximum Gasteiger partial charge on any atom is 0.313 e. The van der Waals surface area contributed by atoms with E-state index >= 15 is 0 Å². The van der Waals surface area contributed by atoms with Gasteiger partial charge in [-0.15, -0.1) is 10.2 Å². The lowest BCUT2D eigenvalue weighted by Crippen LogP contribution is -2.03. The monoisotopic (exact) mass is 379 g/mol. The Balaban J connectivity index is 2.46. The Bertz CT molecular complexity index is 653. The average Bonchev–Trinajstić information content (AvgIpc) is 2.78. The van der Waals surface area contributed by atoms with Crippen LogP contribution in [0.1, 0.15) is 5.56 Å². The largest absolute Gasteiger partial charge is 0.481 e. The van der Waals surface area contributed by atoms with Gasteiger partial charge >= 0.3 is 5.97 Å². The fraction of sp³-hybridized carbons (Fsp3) is 0.182.